The number of halogens is 1. The van der Waals surface area contributed by atoms with Gasteiger partial charge in [-0.2, -0.15) is 0 Å². The molecule has 1 aromatic carbocycles. The number of methoxy groups -OCH3 is 1. The van der Waals surface area contributed by atoms with Crippen molar-refractivity contribution < 1.29 is 19.0 Å². The standard InChI is InChI=1S/C13H18O4.C3H7I/c1-3-7-16-12-6-4-5-11(10-14)13(12)17-9-8-15-2;1-2-3-4/h4-6,10H,3,7-9H2,1-2H3;2-3H2,1H3. The van der Waals surface area contributed by atoms with Gasteiger partial charge in [-0.05, 0) is 29.4 Å². The average molecular weight is 408 g/mol. The van der Waals surface area contributed by atoms with E-state index in [1.54, 1.807) is 25.3 Å². The minimum Gasteiger partial charge on any atom is -0.490 e. The van der Waals surface area contributed by atoms with Gasteiger partial charge in [0.05, 0.1) is 18.8 Å². The molecule has 0 radical (unpaired) electrons. The summed E-state index contributed by atoms with van der Waals surface area (Å²) < 4.78 is 17.2. The smallest absolute Gasteiger partial charge is 0.171 e. The molecule has 0 unspecified atom stereocenters. The molecule has 0 bridgehead atoms. The Kier molecular flexibility index (Phi) is 13.6. The highest BCUT2D eigenvalue weighted by atomic mass is 127. The van der Waals surface area contributed by atoms with Gasteiger partial charge >= 0.3 is 0 Å². The molecule has 120 valence electrons. The van der Waals surface area contributed by atoms with Crippen LogP contribution in [0.15, 0.2) is 18.2 Å². The van der Waals surface area contributed by atoms with Crippen LogP contribution in [0.3, 0.4) is 0 Å². The number of hydrogen-bond acceptors (Lipinski definition) is 4. The summed E-state index contributed by atoms with van der Waals surface area (Å²) in [5, 5.41) is 0. The van der Waals surface area contributed by atoms with Crippen LogP contribution in [0, 0.1) is 0 Å². The van der Waals surface area contributed by atoms with Crippen molar-refractivity contribution in [2.45, 2.75) is 26.7 Å². The van der Waals surface area contributed by atoms with E-state index in [0.29, 0.717) is 36.9 Å². The molecule has 1 aromatic rings. The van der Waals surface area contributed by atoms with E-state index in [-0.39, 0.29) is 0 Å². The van der Waals surface area contributed by atoms with Crippen molar-refractivity contribution in [3.05, 3.63) is 23.8 Å². The van der Waals surface area contributed by atoms with Crippen LogP contribution in [-0.4, -0.2) is 37.6 Å². The second-order valence-corrected chi connectivity index (χ2v) is 5.25. The van der Waals surface area contributed by atoms with Crippen molar-refractivity contribution in [2.75, 3.05) is 31.4 Å². The van der Waals surface area contributed by atoms with Crippen LogP contribution >= 0.6 is 22.6 Å². The Bertz CT molecular complexity index is 381. The monoisotopic (exact) mass is 408 g/mol. The van der Waals surface area contributed by atoms with Crippen molar-refractivity contribution in [1.82, 2.24) is 0 Å². The zero-order chi connectivity index (χ0) is 15.9. The number of para-hydroxylation sites is 1. The highest BCUT2D eigenvalue weighted by molar-refractivity contribution is 14.1. The van der Waals surface area contributed by atoms with Crippen molar-refractivity contribution in [3.8, 4) is 11.5 Å². The van der Waals surface area contributed by atoms with Gasteiger partial charge in [0, 0.05) is 7.11 Å². The fourth-order valence-electron chi connectivity index (χ4n) is 1.33. The number of benzene rings is 1. The van der Waals surface area contributed by atoms with E-state index < -0.39 is 0 Å². The summed E-state index contributed by atoms with van der Waals surface area (Å²) in [7, 11) is 1.60. The zero-order valence-electron chi connectivity index (χ0n) is 13.1. The maximum Gasteiger partial charge on any atom is 0.171 e. The molecule has 0 heterocycles. The van der Waals surface area contributed by atoms with E-state index in [2.05, 4.69) is 29.5 Å². The van der Waals surface area contributed by atoms with Crippen molar-refractivity contribution in [3.63, 3.8) is 0 Å². The number of aldehydes is 1. The van der Waals surface area contributed by atoms with Gasteiger partial charge in [-0.1, -0.05) is 42.5 Å². The van der Waals surface area contributed by atoms with Crippen LogP contribution in [0.5, 0.6) is 11.5 Å². The number of hydrogen-bond donors (Lipinski definition) is 0. The second kappa shape index (κ2) is 14.1. The molecule has 0 aliphatic rings. The van der Waals surface area contributed by atoms with Gasteiger partial charge < -0.3 is 14.2 Å². The quantitative estimate of drug-likeness (QED) is 0.267. The third kappa shape index (κ3) is 8.93. The molecule has 0 spiro atoms. The lowest BCUT2D eigenvalue weighted by Gasteiger charge is -2.13. The number of alkyl halides is 1. The van der Waals surface area contributed by atoms with Gasteiger partial charge in [-0.25, -0.2) is 0 Å². The topological polar surface area (TPSA) is 44.8 Å². The minimum atomic E-state index is 0.393. The third-order valence-electron chi connectivity index (χ3n) is 2.32. The highest BCUT2D eigenvalue weighted by Gasteiger charge is 2.10. The Morgan fingerprint density at radius 3 is 2.33 bits per heavy atom. The van der Waals surface area contributed by atoms with E-state index in [4.69, 9.17) is 14.2 Å². The lowest BCUT2D eigenvalue weighted by molar-refractivity contribution is 0.111. The summed E-state index contributed by atoms with van der Waals surface area (Å²) >= 11 is 2.35. The van der Waals surface area contributed by atoms with Gasteiger partial charge in [-0.15, -0.1) is 0 Å². The number of ether oxygens (including phenoxy) is 3. The predicted octanol–water partition coefficient (Wildman–Crippen LogP) is 4.14. The lowest BCUT2D eigenvalue weighted by Crippen LogP contribution is -2.08. The molecule has 0 saturated heterocycles. The fraction of sp³-hybridized carbons (Fsp3) is 0.562. The molecule has 0 aromatic heterocycles. The molecule has 5 heteroatoms. The van der Waals surface area contributed by atoms with Crippen LogP contribution in [0.25, 0.3) is 0 Å². The summed E-state index contributed by atoms with van der Waals surface area (Å²) in [6.07, 6.45) is 2.98. The molecule has 0 fully saturated rings. The van der Waals surface area contributed by atoms with Crippen LogP contribution in [0.1, 0.15) is 37.0 Å². The first kappa shape index (κ1) is 20.2. The zero-order valence-corrected chi connectivity index (χ0v) is 15.2. The van der Waals surface area contributed by atoms with Crippen LogP contribution in [-0.2, 0) is 4.74 Å². The van der Waals surface area contributed by atoms with Gasteiger partial charge in [0.2, 0.25) is 0 Å². The Labute approximate surface area is 141 Å². The fourth-order valence-corrected chi connectivity index (χ4v) is 1.33. The van der Waals surface area contributed by atoms with E-state index in [1.807, 2.05) is 6.92 Å². The number of carbonyl (C=O) groups is 1. The lowest BCUT2D eigenvalue weighted by atomic mass is 10.2. The maximum absolute atomic E-state index is 10.9. The summed E-state index contributed by atoms with van der Waals surface area (Å²) in [6, 6.07) is 5.27. The molecular weight excluding hydrogens is 383 g/mol. The molecule has 4 nitrogen and oxygen atoms in total. The van der Waals surface area contributed by atoms with E-state index in [0.717, 1.165) is 12.7 Å². The first-order valence-corrected chi connectivity index (χ1v) is 8.66. The first-order chi connectivity index (χ1) is 10.2. The molecule has 0 atom stereocenters. The van der Waals surface area contributed by atoms with Crippen LogP contribution < -0.4 is 9.47 Å². The van der Waals surface area contributed by atoms with Crippen LogP contribution in [0.4, 0.5) is 0 Å². The summed E-state index contributed by atoms with van der Waals surface area (Å²) in [6.45, 7) is 5.66. The minimum absolute atomic E-state index is 0.393. The molecule has 0 aliphatic heterocycles. The Balaban J connectivity index is 0.000000885. The predicted molar refractivity (Wildman–Crippen MR) is 94.2 cm³/mol. The Morgan fingerprint density at radius 2 is 1.81 bits per heavy atom. The third-order valence-corrected chi connectivity index (χ3v) is 3.40. The van der Waals surface area contributed by atoms with Crippen molar-refractivity contribution in [1.29, 1.82) is 0 Å². The van der Waals surface area contributed by atoms with Gasteiger partial charge in [0.1, 0.15) is 6.61 Å². The Hall–Kier alpha value is -0.820. The summed E-state index contributed by atoms with van der Waals surface area (Å²) in [5.41, 5.74) is 0.495. The molecule has 1 rings (SSSR count). The molecule has 0 N–H and O–H groups in total. The second-order valence-electron chi connectivity index (χ2n) is 4.17. The SMILES string of the molecule is CCCI.CCCOc1cccc(C=O)c1OCCOC. The van der Waals surface area contributed by atoms with E-state index in [1.165, 1.54) is 10.8 Å². The molecule has 0 saturated carbocycles. The molecule has 21 heavy (non-hydrogen) atoms. The molecule has 0 aliphatic carbocycles. The normalized spacial score (nSPS) is 9.52. The highest BCUT2D eigenvalue weighted by Crippen LogP contribution is 2.30. The molecule has 0 amide bonds. The van der Waals surface area contributed by atoms with Gasteiger partial charge in [-0.3, -0.25) is 4.79 Å². The first-order valence-electron chi connectivity index (χ1n) is 7.13. The molecular formula is C16H25IO4. The van der Waals surface area contributed by atoms with E-state index >= 15 is 0 Å². The van der Waals surface area contributed by atoms with Crippen molar-refractivity contribution >= 4 is 28.9 Å². The maximum atomic E-state index is 10.9. The summed E-state index contributed by atoms with van der Waals surface area (Å²) in [5.74, 6) is 1.10. The number of carbonyl (C=O) groups excluding carboxylic acids is 1. The van der Waals surface area contributed by atoms with E-state index in [9.17, 15) is 4.79 Å². The van der Waals surface area contributed by atoms with Crippen molar-refractivity contribution in [2.24, 2.45) is 0 Å². The largest absolute Gasteiger partial charge is 0.490 e. The summed E-state index contributed by atoms with van der Waals surface area (Å²) in [4.78, 5) is 10.9. The van der Waals surface area contributed by atoms with Gasteiger partial charge in [0.15, 0.2) is 17.8 Å². The van der Waals surface area contributed by atoms with Gasteiger partial charge in [0.25, 0.3) is 0 Å². The Morgan fingerprint density at radius 1 is 1.10 bits per heavy atom. The average Bonchev–Trinajstić information content (AvgIpc) is 2.53. The van der Waals surface area contributed by atoms with Crippen LogP contribution in [0.2, 0.25) is 0 Å². The number of rotatable bonds is 9.